The molecule has 3 heterocycles. The Balaban J connectivity index is 0.760. The van der Waals surface area contributed by atoms with Crippen molar-refractivity contribution in [2.45, 2.75) is 6.42 Å². The van der Waals surface area contributed by atoms with Gasteiger partial charge in [0.25, 0.3) is 0 Å². The molecule has 0 fully saturated rings. The van der Waals surface area contributed by atoms with Crippen molar-refractivity contribution in [3.8, 4) is 67.0 Å². The molecule has 15 rings (SSSR count). The van der Waals surface area contributed by atoms with Crippen molar-refractivity contribution in [2.24, 2.45) is 0 Å². The minimum atomic E-state index is 0.807. The summed E-state index contributed by atoms with van der Waals surface area (Å²) in [7, 11) is 0. The number of nitrogens with zero attached hydrogens (tertiary/aromatic N) is 2. The van der Waals surface area contributed by atoms with Gasteiger partial charge in [0, 0.05) is 53.1 Å². The van der Waals surface area contributed by atoms with E-state index in [1.165, 1.54) is 136 Å². The van der Waals surface area contributed by atoms with Crippen LogP contribution in [0.3, 0.4) is 0 Å². The summed E-state index contributed by atoms with van der Waals surface area (Å²) in [5.74, 6) is 0. The van der Waals surface area contributed by atoms with Gasteiger partial charge < -0.3 is 9.13 Å². The van der Waals surface area contributed by atoms with Gasteiger partial charge in [-0.1, -0.05) is 206 Å². The molecule has 0 radical (unpaired) electrons. The van der Waals surface area contributed by atoms with Crippen LogP contribution < -0.4 is 0 Å². The summed E-state index contributed by atoms with van der Waals surface area (Å²) in [5, 5.41) is 7.62. The molecule has 0 atom stereocenters. The molecule has 3 aromatic heterocycles. The first kappa shape index (κ1) is 44.0. The second kappa shape index (κ2) is 18.1. The fraction of sp³-hybridized carbons (Fsp3) is 0.0137. The highest BCUT2D eigenvalue weighted by Gasteiger charge is 2.19. The van der Waals surface area contributed by atoms with Crippen molar-refractivity contribution in [1.82, 2.24) is 9.13 Å². The zero-order chi connectivity index (χ0) is 50.1. The van der Waals surface area contributed by atoms with Gasteiger partial charge in [0.1, 0.15) is 0 Å². The summed E-state index contributed by atoms with van der Waals surface area (Å²) >= 11 is 1.86. The van der Waals surface area contributed by atoms with E-state index in [0.717, 1.165) is 12.1 Å². The number of benzene rings is 12. The van der Waals surface area contributed by atoms with Gasteiger partial charge in [0.15, 0.2) is 0 Å². The van der Waals surface area contributed by atoms with E-state index in [2.05, 4.69) is 288 Å². The second-order valence-electron chi connectivity index (χ2n) is 20.0. The van der Waals surface area contributed by atoms with Gasteiger partial charge in [0.05, 0.1) is 22.1 Å². The Hall–Kier alpha value is -9.54. The normalized spacial score (nSPS) is 11.7. The predicted octanol–water partition coefficient (Wildman–Crippen LogP) is 20.2. The quantitative estimate of drug-likeness (QED) is 0.136. The van der Waals surface area contributed by atoms with E-state index in [4.69, 9.17) is 0 Å². The molecular weight excluding hydrogens is 937 g/mol. The molecule has 0 spiro atoms. The number of rotatable bonds is 9. The highest BCUT2D eigenvalue weighted by atomic mass is 32.1. The summed E-state index contributed by atoms with van der Waals surface area (Å²) in [6, 6.07) is 103. The second-order valence-corrected chi connectivity index (χ2v) is 21.1. The fourth-order valence-electron chi connectivity index (χ4n) is 12.1. The molecule has 0 aliphatic heterocycles. The van der Waals surface area contributed by atoms with E-state index in [-0.39, 0.29) is 0 Å². The van der Waals surface area contributed by atoms with Crippen molar-refractivity contribution < 1.29 is 0 Å². The van der Waals surface area contributed by atoms with Gasteiger partial charge in [-0.15, -0.1) is 11.3 Å². The van der Waals surface area contributed by atoms with Crippen molar-refractivity contribution >= 4 is 75.1 Å². The molecule has 0 aliphatic carbocycles. The lowest BCUT2D eigenvalue weighted by atomic mass is 9.89. The van der Waals surface area contributed by atoms with Gasteiger partial charge in [-0.2, -0.15) is 0 Å². The smallest absolute Gasteiger partial charge is 0.0542 e. The average Bonchev–Trinajstić information content (AvgIpc) is 4.24. The Morgan fingerprint density at radius 1 is 0.250 bits per heavy atom. The van der Waals surface area contributed by atoms with E-state index in [9.17, 15) is 0 Å². The van der Waals surface area contributed by atoms with Gasteiger partial charge >= 0.3 is 0 Å². The largest absolute Gasteiger partial charge is 0.309 e. The van der Waals surface area contributed by atoms with Gasteiger partial charge in [0.2, 0.25) is 0 Å². The van der Waals surface area contributed by atoms with Gasteiger partial charge in [-0.3, -0.25) is 0 Å². The van der Waals surface area contributed by atoms with E-state index in [1.54, 1.807) is 0 Å². The molecule has 0 saturated heterocycles. The number of aromatic nitrogens is 2. The fourth-order valence-corrected chi connectivity index (χ4v) is 13.2. The van der Waals surface area contributed by atoms with E-state index >= 15 is 0 Å². The SMILES string of the molecule is c1ccc(-c2ccccc2-c2cccc(-c3ccc(-c4ccccc4-c4ccccc4Cc4ccc5c(c4)c4ccccc4n5-c4ccc5c(c4)c4ccccc4n5-c4ccc5sc6ccccc6c5c4)cc3)c2)cc1. The maximum Gasteiger partial charge on any atom is 0.0542 e. The predicted molar refractivity (Wildman–Crippen MR) is 324 cm³/mol. The first-order valence-electron chi connectivity index (χ1n) is 26.2. The topological polar surface area (TPSA) is 9.86 Å². The molecule has 3 heteroatoms. The summed E-state index contributed by atoms with van der Waals surface area (Å²) < 4.78 is 7.54. The standard InChI is InChI=1S/C73H48N2S/c1-2-17-50(18-3-1)57-22-6-7-24-59(57)54-21-16-20-52(45-54)49-34-36-51(37-35-49)58-23-8-9-26-61(58)60-25-5-4-19-53(60)43-48-33-40-70-65(44-48)62-27-10-13-30-68(62)74(70)55-38-41-71-66(46-55)63-28-11-14-31-69(63)75(71)56-39-42-73-67(47-56)64-29-12-15-32-72(64)76-73/h1-42,44-47H,43H2. The monoisotopic (exact) mass is 984 g/mol. The lowest BCUT2D eigenvalue weighted by Crippen LogP contribution is -1.96. The van der Waals surface area contributed by atoms with Crippen molar-refractivity contribution in [1.29, 1.82) is 0 Å². The number of hydrogen-bond donors (Lipinski definition) is 0. The number of thiophene rings is 1. The number of para-hydroxylation sites is 2. The molecule has 0 aliphatic rings. The Kier molecular flexibility index (Phi) is 10.5. The van der Waals surface area contributed by atoms with Crippen LogP contribution >= 0.6 is 11.3 Å². The molecule has 0 bridgehead atoms. The third-order valence-corrected chi connectivity index (χ3v) is 16.8. The summed E-state index contributed by atoms with van der Waals surface area (Å²) in [6.45, 7) is 0. The molecule has 2 nitrogen and oxygen atoms in total. The molecular formula is C73H48N2S. The van der Waals surface area contributed by atoms with Gasteiger partial charge in [-0.25, -0.2) is 0 Å². The first-order valence-corrected chi connectivity index (χ1v) is 27.0. The highest BCUT2D eigenvalue weighted by molar-refractivity contribution is 7.25. The molecule has 76 heavy (non-hydrogen) atoms. The maximum absolute atomic E-state index is 2.46. The Bertz CT molecular complexity index is 4720. The summed E-state index contributed by atoms with van der Waals surface area (Å²) in [5.41, 5.74) is 22.0. The summed E-state index contributed by atoms with van der Waals surface area (Å²) in [6.07, 6.45) is 0.807. The molecule has 0 amide bonds. The zero-order valence-electron chi connectivity index (χ0n) is 41.6. The van der Waals surface area contributed by atoms with Crippen LogP contribution in [0, 0.1) is 0 Å². The molecule has 15 aromatic rings. The Morgan fingerprint density at radius 2 is 0.724 bits per heavy atom. The zero-order valence-corrected chi connectivity index (χ0v) is 42.4. The van der Waals surface area contributed by atoms with Crippen molar-refractivity contribution in [2.75, 3.05) is 0 Å². The van der Waals surface area contributed by atoms with Crippen molar-refractivity contribution in [3.63, 3.8) is 0 Å². The van der Waals surface area contributed by atoms with Crippen LogP contribution in [-0.2, 0) is 6.42 Å². The Labute approximate surface area is 445 Å². The lowest BCUT2D eigenvalue weighted by Gasteiger charge is -2.15. The maximum atomic E-state index is 2.46. The third kappa shape index (κ3) is 7.39. The van der Waals surface area contributed by atoms with E-state index < -0.39 is 0 Å². The van der Waals surface area contributed by atoms with Crippen molar-refractivity contribution in [3.05, 3.63) is 290 Å². The van der Waals surface area contributed by atoms with Crippen LogP contribution in [-0.4, -0.2) is 9.13 Å². The van der Waals surface area contributed by atoms with Crippen LogP contribution in [0.4, 0.5) is 0 Å². The van der Waals surface area contributed by atoms with Crippen LogP contribution in [0.15, 0.2) is 279 Å². The molecule has 0 N–H and O–H groups in total. The Morgan fingerprint density at radius 3 is 1.46 bits per heavy atom. The molecule has 0 saturated carbocycles. The van der Waals surface area contributed by atoms with Gasteiger partial charge in [-0.05, 0) is 146 Å². The van der Waals surface area contributed by atoms with E-state index in [0.29, 0.717) is 0 Å². The number of hydrogen-bond acceptors (Lipinski definition) is 1. The molecule has 356 valence electrons. The molecule has 12 aromatic carbocycles. The highest BCUT2D eigenvalue weighted by Crippen LogP contribution is 2.42. The number of fused-ring (bicyclic) bond motifs is 9. The van der Waals surface area contributed by atoms with Crippen LogP contribution in [0.2, 0.25) is 0 Å². The van der Waals surface area contributed by atoms with Crippen LogP contribution in [0.1, 0.15) is 11.1 Å². The average molecular weight is 985 g/mol. The first-order chi connectivity index (χ1) is 37.7. The van der Waals surface area contributed by atoms with Crippen LogP contribution in [0.5, 0.6) is 0 Å². The lowest BCUT2D eigenvalue weighted by molar-refractivity contribution is 1.16. The van der Waals surface area contributed by atoms with E-state index in [1.807, 2.05) is 11.3 Å². The minimum absolute atomic E-state index is 0.807. The minimum Gasteiger partial charge on any atom is -0.309 e. The molecule has 0 unspecified atom stereocenters. The third-order valence-electron chi connectivity index (χ3n) is 15.6. The summed E-state index contributed by atoms with van der Waals surface area (Å²) in [4.78, 5) is 0. The van der Waals surface area contributed by atoms with Crippen LogP contribution in [0.25, 0.3) is 131 Å².